The molecule has 1 aliphatic heterocycles. The van der Waals surface area contributed by atoms with Crippen LogP contribution in [0.15, 0.2) is 53.4 Å². The summed E-state index contributed by atoms with van der Waals surface area (Å²) >= 11 is 5.82. The lowest BCUT2D eigenvalue weighted by atomic mass is 10.1. The third-order valence-electron chi connectivity index (χ3n) is 4.58. The number of halogens is 1. The van der Waals surface area contributed by atoms with Gasteiger partial charge in [-0.05, 0) is 42.8 Å². The van der Waals surface area contributed by atoms with Crippen molar-refractivity contribution in [3.8, 4) is 0 Å². The van der Waals surface area contributed by atoms with Gasteiger partial charge in [-0.15, -0.1) is 0 Å². The van der Waals surface area contributed by atoms with Gasteiger partial charge in [-0.2, -0.15) is 0 Å². The Kier molecular flexibility index (Phi) is 5.53. The van der Waals surface area contributed by atoms with Crippen LogP contribution in [-0.2, 0) is 14.6 Å². The van der Waals surface area contributed by atoms with Gasteiger partial charge in [0.25, 0.3) is 5.91 Å². The first-order valence-corrected chi connectivity index (χ1v) is 10.2. The smallest absolute Gasteiger partial charge is 0.338 e. The van der Waals surface area contributed by atoms with Crippen molar-refractivity contribution in [3.63, 3.8) is 0 Å². The molecule has 1 saturated heterocycles. The van der Waals surface area contributed by atoms with Crippen LogP contribution in [0.3, 0.4) is 0 Å². The Hall–Kier alpha value is -2.38. The number of carbonyl (C=O) groups excluding carboxylic acids is 2. The van der Waals surface area contributed by atoms with E-state index in [1.165, 1.54) is 48.4 Å². The van der Waals surface area contributed by atoms with Crippen molar-refractivity contribution in [1.82, 2.24) is 4.90 Å². The third-order valence-corrected chi connectivity index (χ3v) is 7.02. The van der Waals surface area contributed by atoms with Crippen LogP contribution in [-0.4, -0.2) is 50.6 Å². The van der Waals surface area contributed by atoms with Crippen molar-refractivity contribution in [2.45, 2.75) is 16.6 Å². The molecule has 1 fully saturated rings. The molecular formula is C19H18ClNO5S. The van der Waals surface area contributed by atoms with Crippen LogP contribution in [0.5, 0.6) is 0 Å². The number of ether oxygens (including phenoxy) is 1. The number of esters is 1. The second-order valence-corrected chi connectivity index (χ2v) is 8.86. The third kappa shape index (κ3) is 3.84. The molecule has 6 nitrogen and oxygen atoms in total. The summed E-state index contributed by atoms with van der Waals surface area (Å²) in [5, 5.41) is -0.246. The fourth-order valence-corrected chi connectivity index (χ4v) is 4.93. The van der Waals surface area contributed by atoms with Crippen LogP contribution in [0.4, 0.5) is 0 Å². The topological polar surface area (TPSA) is 80.8 Å². The Balaban J connectivity index is 1.81. The first-order valence-electron chi connectivity index (χ1n) is 8.30. The van der Waals surface area contributed by atoms with Crippen LogP contribution >= 0.6 is 11.6 Å². The van der Waals surface area contributed by atoms with Crippen LogP contribution in [0.2, 0.25) is 5.02 Å². The molecule has 8 heteroatoms. The van der Waals surface area contributed by atoms with Gasteiger partial charge in [-0.3, -0.25) is 4.79 Å². The highest BCUT2D eigenvalue weighted by Crippen LogP contribution is 2.26. The van der Waals surface area contributed by atoms with E-state index in [0.29, 0.717) is 18.0 Å². The maximum Gasteiger partial charge on any atom is 0.338 e. The SMILES string of the molecule is COC(=O)c1ccccc1C(=O)N1CCC(S(=O)(=O)c2ccc(Cl)cc2)C1. The zero-order valence-electron chi connectivity index (χ0n) is 14.6. The summed E-state index contributed by atoms with van der Waals surface area (Å²) in [5.41, 5.74) is 0.364. The highest BCUT2D eigenvalue weighted by atomic mass is 35.5. The van der Waals surface area contributed by atoms with E-state index in [0.717, 1.165) is 0 Å². The van der Waals surface area contributed by atoms with Crippen molar-refractivity contribution in [2.75, 3.05) is 20.2 Å². The summed E-state index contributed by atoms with van der Waals surface area (Å²) in [6.45, 7) is 0.366. The molecule has 0 spiro atoms. The second kappa shape index (κ2) is 7.70. The van der Waals surface area contributed by atoms with Crippen molar-refractivity contribution in [2.24, 2.45) is 0 Å². The van der Waals surface area contributed by atoms with Gasteiger partial charge in [0.15, 0.2) is 9.84 Å². The molecule has 0 saturated carbocycles. The molecule has 0 radical (unpaired) electrons. The normalized spacial score (nSPS) is 17.0. The van der Waals surface area contributed by atoms with E-state index in [9.17, 15) is 18.0 Å². The molecule has 3 rings (SSSR count). The maximum absolute atomic E-state index is 12.8. The van der Waals surface area contributed by atoms with Gasteiger partial charge in [0.2, 0.25) is 0 Å². The summed E-state index contributed by atoms with van der Waals surface area (Å²) in [6, 6.07) is 12.3. The molecule has 27 heavy (non-hydrogen) atoms. The fraction of sp³-hybridized carbons (Fsp3) is 0.263. The molecule has 1 aliphatic rings. The van der Waals surface area contributed by atoms with E-state index in [1.807, 2.05) is 0 Å². The van der Waals surface area contributed by atoms with E-state index in [-0.39, 0.29) is 28.5 Å². The van der Waals surface area contributed by atoms with Crippen molar-refractivity contribution < 1.29 is 22.7 Å². The van der Waals surface area contributed by atoms with E-state index < -0.39 is 21.1 Å². The van der Waals surface area contributed by atoms with Gasteiger partial charge in [-0.25, -0.2) is 13.2 Å². The highest BCUT2D eigenvalue weighted by molar-refractivity contribution is 7.92. The number of hydrogen-bond acceptors (Lipinski definition) is 5. The quantitative estimate of drug-likeness (QED) is 0.728. The van der Waals surface area contributed by atoms with Gasteiger partial charge < -0.3 is 9.64 Å². The molecule has 0 aromatic heterocycles. The minimum Gasteiger partial charge on any atom is -0.465 e. The van der Waals surface area contributed by atoms with Crippen LogP contribution in [0.25, 0.3) is 0 Å². The van der Waals surface area contributed by atoms with E-state index in [1.54, 1.807) is 12.1 Å². The number of sulfone groups is 1. The Morgan fingerprint density at radius 2 is 1.70 bits per heavy atom. The predicted molar refractivity (Wildman–Crippen MR) is 101 cm³/mol. The zero-order valence-corrected chi connectivity index (χ0v) is 16.2. The second-order valence-electron chi connectivity index (χ2n) is 6.20. The van der Waals surface area contributed by atoms with Crippen molar-refractivity contribution >= 4 is 33.3 Å². The number of nitrogens with zero attached hydrogens (tertiary/aromatic N) is 1. The van der Waals surface area contributed by atoms with Crippen molar-refractivity contribution in [3.05, 3.63) is 64.7 Å². The molecule has 0 aliphatic carbocycles. The van der Waals surface area contributed by atoms with Crippen LogP contribution in [0, 0.1) is 0 Å². The van der Waals surface area contributed by atoms with Crippen LogP contribution < -0.4 is 0 Å². The minimum atomic E-state index is -3.58. The van der Waals surface area contributed by atoms with Gasteiger partial charge in [0.05, 0.1) is 28.4 Å². The van der Waals surface area contributed by atoms with Gasteiger partial charge >= 0.3 is 5.97 Å². The largest absolute Gasteiger partial charge is 0.465 e. The number of likely N-dealkylation sites (tertiary alicyclic amines) is 1. The molecule has 1 atom stereocenters. The first kappa shape index (κ1) is 19.4. The summed E-state index contributed by atoms with van der Waals surface area (Å²) in [4.78, 5) is 26.4. The Morgan fingerprint density at radius 1 is 1.07 bits per heavy atom. The lowest BCUT2D eigenvalue weighted by Crippen LogP contribution is -2.33. The molecule has 142 valence electrons. The number of methoxy groups -OCH3 is 1. The Labute approximate surface area is 162 Å². The molecule has 1 amide bonds. The molecule has 1 heterocycles. The van der Waals surface area contributed by atoms with Crippen LogP contribution in [0.1, 0.15) is 27.1 Å². The van der Waals surface area contributed by atoms with E-state index in [4.69, 9.17) is 16.3 Å². The number of rotatable bonds is 4. The summed E-state index contributed by atoms with van der Waals surface area (Å²) in [7, 11) is -2.34. The summed E-state index contributed by atoms with van der Waals surface area (Å²) in [6.07, 6.45) is 0.330. The molecule has 1 unspecified atom stereocenters. The molecular weight excluding hydrogens is 390 g/mol. The minimum absolute atomic E-state index is 0.0688. The maximum atomic E-state index is 12.8. The monoisotopic (exact) mass is 407 g/mol. The predicted octanol–water partition coefficient (Wildman–Crippen LogP) is 2.82. The van der Waals surface area contributed by atoms with Gasteiger partial charge in [0.1, 0.15) is 0 Å². The highest BCUT2D eigenvalue weighted by Gasteiger charge is 2.37. The van der Waals surface area contributed by atoms with Gasteiger partial charge in [0, 0.05) is 18.1 Å². The average molecular weight is 408 g/mol. The standard InChI is InChI=1S/C19H18ClNO5S/c1-26-19(23)17-5-3-2-4-16(17)18(22)21-11-10-15(12-21)27(24,25)14-8-6-13(20)7-9-14/h2-9,15H,10-12H2,1H3. The molecule has 2 aromatic carbocycles. The number of benzene rings is 2. The lowest BCUT2D eigenvalue weighted by Gasteiger charge is -2.18. The average Bonchev–Trinajstić information content (AvgIpc) is 3.18. The number of amides is 1. The van der Waals surface area contributed by atoms with E-state index in [2.05, 4.69) is 0 Å². The molecule has 0 bridgehead atoms. The Bertz CT molecular complexity index is 972. The zero-order chi connectivity index (χ0) is 19.6. The molecule has 0 N–H and O–H groups in total. The first-order chi connectivity index (χ1) is 12.8. The number of hydrogen-bond donors (Lipinski definition) is 0. The fourth-order valence-electron chi connectivity index (χ4n) is 3.11. The lowest BCUT2D eigenvalue weighted by molar-refractivity contribution is 0.0592. The van der Waals surface area contributed by atoms with E-state index >= 15 is 0 Å². The number of carbonyl (C=O) groups is 2. The van der Waals surface area contributed by atoms with Gasteiger partial charge in [-0.1, -0.05) is 23.7 Å². The Morgan fingerprint density at radius 3 is 2.33 bits per heavy atom. The molecule has 2 aromatic rings. The summed E-state index contributed by atoms with van der Waals surface area (Å²) < 4.78 is 30.3. The van der Waals surface area contributed by atoms with Crippen molar-refractivity contribution in [1.29, 1.82) is 0 Å². The summed E-state index contributed by atoms with van der Waals surface area (Å²) in [5.74, 6) is -0.992.